The minimum absolute atomic E-state index is 0.192. The van der Waals surface area contributed by atoms with Gasteiger partial charge in [-0.05, 0) is 38.1 Å². The molecule has 0 saturated heterocycles. The number of rotatable bonds is 3. The zero-order valence-corrected chi connectivity index (χ0v) is 11.0. The lowest BCUT2D eigenvalue weighted by molar-refractivity contribution is 0.0935. The van der Waals surface area contributed by atoms with E-state index in [4.69, 9.17) is 16.0 Å². The van der Waals surface area contributed by atoms with E-state index in [9.17, 15) is 4.79 Å². The Balaban J connectivity index is 2.10. The highest BCUT2D eigenvalue weighted by molar-refractivity contribution is 6.33. The van der Waals surface area contributed by atoms with Gasteiger partial charge in [0.1, 0.15) is 11.5 Å². The molecule has 2 aromatic rings. The largest absolute Gasteiger partial charge is 0.464 e. The molecular weight excluding hydrogens is 250 g/mol. The van der Waals surface area contributed by atoms with Gasteiger partial charge in [-0.3, -0.25) is 4.79 Å². The Morgan fingerprint density at radius 2 is 2.00 bits per heavy atom. The number of benzene rings is 1. The lowest BCUT2D eigenvalue weighted by Gasteiger charge is -2.12. The summed E-state index contributed by atoms with van der Waals surface area (Å²) >= 11 is 5.97. The van der Waals surface area contributed by atoms with Crippen LogP contribution >= 0.6 is 11.6 Å². The van der Waals surface area contributed by atoms with Gasteiger partial charge in [0, 0.05) is 0 Å². The third-order valence-corrected chi connectivity index (χ3v) is 2.98. The average Bonchev–Trinajstić information content (AvgIpc) is 2.76. The molecule has 0 aliphatic carbocycles. The summed E-state index contributed by atoms with van der Waals surface area (Å²) in [5.74, 6) is 1.35. The van der Waals surface area contributed by atoms with Crippen LogP contribution in [0.3, 0.4) is 0 Å². The highest BCUT2D eigenvalue weighted by Gasteiger charge is 2.15. The third kappa shape index (κ3) is 2.74. The summed E-state index contributed by atoms with van der Waals surface area (Å²) < 4.78 is 5.46. The molecule has 1 atom stereocenters. The maximum atomic E-state index is 12.0. The van der Waals surface area contributed by atoms with Crippen molar-refractivity contribution in [2.75, 3.05) is 0 Å². The molecule has 0 aliphatic heterocycles. The van der Waals surface area contributed by atoms with E-state index in [1.165, 1.54) is 0 Å². The molecule has 1 aromatic carbocycles. The number of aryl methyl sites for hydroxylation is 1. The minimum atomic E-state index is -0.206. The summed E-state index contributed by atoms with van der Waals surface area (Å²) in [6, 6.07) is 10.5. The molecule has 1 N–H and O–H groups in total. The Labute approximate surface area is 111 Å². The molecule has 1 heterocycles. The van der Waals surface area contributed by atoms with Gasteiger partial charge in [-0.2, -0.15) is 0 Å². The number of carbonyl (C=O) groups is 1. The predicted octanol–water partition coefficient (Wildman–Crippen LogP) is 3.73. The lowest BCUT2D eigenvalue weighted by Crippen LogP contribution is -2.26. The molecule has 0 radical (unpaired) electrons. The van der Waals surface area contributed by atoms with Crippen molar-refractivity contribution < 1.29 is 9.21 Å². The van der Waals surface area contributed by atoms with E-state index in [1.54, 1.807) is 24.3 Å². The molecule has 1 amide bonds. The monoisotopic (exact) mass is 263 g/mol. The molecule has 0 fully saturated rings. The van der Waals surface area contributed by atoms with Crippen LogP contribution in [0.1, 0.15) is 34.8 Å². The Hall–Kier alpha value is -1.74. The van der Waals surface area contributed by atoms with Crippen molar-refractivity contribution in [2.24, 2.45) is 0 Å². The summed E-state index contributed by atoms with van der Waals surface area (Å²) in [7, 11) is 0. The molecule has 18 heavy (non-hydrogen) atoms. The molecular formula is C14H14ClNO2. The van der Waals surface area contributed by atoms with Crippen LogP contribution in [0, 0.1) is 6.92 Å². The smallest absolute Gasteiger partial charge is 0.253 e. The van der Waals surface area contributed by atoms with Gasteiger partial charge in [-0.1, -0.05) is 23.7 Å². The van der Waals surface area contributed by atoms with Gasteiger partial charge in [0.2, 0.25) is 0 Å². The van der Waals surface area contributed by atoms with Crippen LogP contribution in [-0.2, 0) is 0 Å². The van der Waals surface area contributed by atoms with Crippen LogP contribution in [0.2, 0.25) is 5.02 Å². The van der Waals surface area contributed by atoms with Crippen molar-refractivity contribution >= 4 is 17.5 Å². The van der Waals surface area contributed by atoms with Crippen LogP contribution in [0.15, 0.2) is 40.8 Å². The Morgan fingerprint density at radius 1 is 1.28 bits per heavy atom. The summed E-state index contributed by atoms with van der Waals surface area (Å²) in [5, 5.41) is 3.29. The first kappa shape index (κ1) is 12.7. The number of hydrogen-bond acceptors (Lipinski definition) is 2. The van der Waals surface area contributed by atoms with Crippen LogP contribution in [0.5, 0.6) is 0 Å². The first-order chi connectivity index (χ1) is 8.58. The maximum Gasteiger partial charge on any atom is 0.253 e. The third-order valence-electron chi connectivity index (χ3n) is 2.65. The van der Waals surface area contributed by atoms with Crippen LogP contribution in [0.25, 0.3) is 0 Å². The fourth-order valence-electron chi connectivity index (χ4n) is 1.68. The molecule has 0 saturated carbocycles. The van der Waals surface area contributed by atoms with Gasteiger partial charge in [0.25, 0.3) is 5.91 Å². The van der Waals surface area contributed by atoms with Crippen molar-refractivity contribution in [3.05, 3.63) is 58.5 Å². The Bertz CT molecular complexity index is 562. The van der Waals surface area contributed by atoms with Crippen molar-refractivity contribution in [3.8, 4) is 0 Å². The Kier molecular flexibility index (Phi) is 3.72. The first-order valence-electron chi connectivity index (χ1n) is 5.69. The molecule has 0 spiro atoms. The second kappa shape index (κ2) is 5.27. The van der Waals surface area contributed by atoms with Crippen molar-refractivity contribution in [2.45, 2.75) is 19.9 Å². The molecule has 3 nitrogen and oxygen atoms in total. The van der Waals surface area contributed by atoms with Crippen molar-refractivity contribution in [3.63, 3.8) is 0 Å². The standard InChI is InChI=1S/C14H14ClNO2/c1-9-7-8-13(18-9)10(2)16-14(17)11-5-3-4-6-12(11)15/h3-8,10H,1-2H3,(H,16,17). The van der Waals surface area contributed by atoms with E-state index in [-0.39, 0.29) is 11.9 Å². The van der Waals surface area contributed by atoms with Crippen LogP contribution < -0.4 is 5.32 Å². The van der Waals surface area contributed by atoms with E-state index < -0.39 is 0 Å². The van der Waals surface area contributed by atoms with E-state index in [2.05, 4.69) is 5.32 Å². The van der Waals surface area contributed by atoms with Gasteiger partial charge >= 0.3 is 0 Å². The molecule has 2 rings (SSSR count). The minimum Gasteiger partial charge on any atom is -0.464 e. The zero-order valence-electron chi connectivity index (χ0n) is 10.2. The van der Waals surface area contributed by atoms with Crippen molar-refractivity contribution in [1.29, 1.82) is 0 Å². The first-order valence-corrected chi connectivity index (χ1v) is 6.07. The fraction of sp³-hybridized carbons (Fsp3) is 0.214. The highest BCUT2D eigenvalue weighted by atomic mass is 35.5. The normalized spacial score (nSPS) is 12.2. The van der Waals surface area contributed by atoms with Gasteiger partial charge in [-0.15, -0.1) is 0 Å². The topological polar surface area (TPSA) is 42.2 Å². The number of halogens is 1. The molecule has 0 bridgehead atoms. The summed E-state index contributed by atoms with van der Waals surface area (Å²) in [5.41, 5.74) is 0.467. The van der Waals surface area contributed by atoms with E-state index >= 15 is 0 Å². The second-order valence-electron chi connectivity index (χ2n) is 4.12. The highest BCUT2D eigenvalue weighted by Crippen LogP contribution is 2.19. The lowest BCUT2D eigenvalue weighted by atomic mass is 10.2. The van der Waals surface area contributed by atoms with E-state index in [0.717, 1.165) is 11.5 Å². The van der Waals surface area contributed by atoms with Crippen LogP contribution in [0.4, 0.5) is 0 Å². The maximum absolute atomic E-state index is 12.0. The summed E-state index contributed by atoms with van der Waals surface area (Å²) in [4.78, 5) is 12.0. The van der Waals surface area contributed by atoms with Crippen LogP contribution in [-0.4, -0.2) is 5.91 Å². The number of carbonyl (C=O) groups excluding carboxylic acids is 1. The van der Waals surface area contributed by atoms with Gasteiger partial charge in [-0.25, -0.2) is 0 Å². The molecule has 1 unspecified atom stereocenters. The number of furan rings is 1. The molecule has 0 aliphatic rings. The second-order valence-corrected chi connectivity index (χ2v) is 4.53. The number of hydrogen-bond donors (Lipinski definition) is 1. The van der Waals surface area contributed by atoms with Gasteiger partial charge in [0.15, 0.2) is 0 Å². The average molecular weight is 264 g/mol. The van der Waals surface area contributed by atoms with Crippen molar-refractivity contribution in [1.82, 2.24) is 5.32 Å². The zero-order chi connectivity index (χ0) is 13.1. The fourth-order valence-corrected chi connectivity index (χ4v) is 1.90. The summed E-state index contributed by atoms with van der Waals surface area (Å²) in [6.07, 6.45) is 0. The molecule has 4 heteroatoms. The quantitative estimate of drug-likeness (QED) is 0.917. The molecule has 1 aromatic heterocycles. The number of nitrogens with one attached hydrogen (secondary N) is 1. The predicted molar refractivity (Wildman–Crippen MR) is 70.8 cm³/mol. The SMILES string of the molecule is Cc1ccc(C(C)NC(=O)c2ccccc2Cl)o1. The van der Waals surface area contributed by atoms with E-state index in [0.29, 0.717) is 10.6 Å². The molecule has 94 valence electrons. The van der Waals surface area contributed by atoms with Gasteiger partial charge < -0.3 is 9.73 Å². The Morgan fingerprint density at radius 3 is 2.61 bits per heavy atom. The number of amides is 1. The van der Waals surface area contributed by atoms with E-state index in [1.807, 2.05) is 26.0 Å². The summed E-state index contributed by atoms with van der Waals surface area (Å²) in [6.45, 7) is 3.74. The van der Waals surface area contributed by atoms with Gasteiger partial charge in [0.05, 0.1) is 16.6 Å².